The molecule has 0 aliphatic rings. The van der Waals surface area contributed by atoms with E-state index in [1.54, 1.807) is 55.8 Å². The number of nitrogens with zero attached hydrogens (tertiary/aromatic N) is 2. The molecule has 0 spiro atoms. The molecule has 2 aromatic rings. The first-order valence-corrected chi connectivity index (χ1v) is 7.49. The first-order valence-electron chi connectivity index (χ1n) is 6.61. The van der Waals surface area contributed by atoms with Crippen molar-refractivity contribution in [1.82, 2.24) is 15.2 Å². The SMILES string of the molecule is CNC(=O)c1csc(CN(C)C(=O)c2ccc(OC)cc2)n1. The first kappa shape index (κ1) is 16.0. The van der Waals surface area contributed by atoms with Gasteiger partial charge in [-0.1, -0.05) is 0 Å². The van der Waals surface area contributed by atoms with Crippen molar-refractivity contribution in [2.24, 2.45) is 0 Å². The Balaban J connectivity index is 2.04. The van der Waals surface area contributed by atoms with Gasteiger partial charge in [-0.25, -0.2) is 4.98 Å². The Morgan fingerprint density at radius 2 is 2.00 bits per heavy atom. The van der Waals surface area contributed by atoms with Crippen molar-refractivity contribution >= 4 is 23.2 Å². The van der Waals surface area contributed by atoms with E-state index in [4.69, 9.17) is 4.74 Å². The summed E-state index contributed by atoms with van der Waals surface area (Å²) in [5.74, 6) is 0.361. The van der Waals surface area contributed by atoms with Crippen LogP contribution in [0.2, 0.25) is 0 Å². The summed E-state index contributed by atoms with van der Waals surface area (Å²) >= 11 is 1.35. The molecule has 0 unspecified atom stereocenters. The zero-order valence-electron chi connectivity index (χ0n) is 12.6. The normalized spacial score (nSPS) is 10.1. The molecule has 0 bridgehead atoms. The number of hydrogen-bond donors (Lipinski definition) is 1. The molecular weight excluding hydrogens is 302 g/mol. The van der Waals surface area contributed by atoms with E-state index in [9.17, 15) is 9.59 Å². The molecule has 6 nitrogen and oxygen atoms in total. The predicted molar refractivity (Wildman–Crippen MR) is 84.3 cm³/mol. The molecule has 116 valence electrons. The lowest BCUT2D eigenvalue weighted by molar-refractivity contribution is 0.0785. The van der Waals surface area contributed by atoms with Gasteiger partial charge in [-0.3, -0.25) is 9.59 Å². The highest BCUT2D eigenvalue weighted by molar-refractivity contribution is 7.09. The molecule has 2 amide bonds. The summed E-state index contributed by atoms with van der Waals surface area (Å²) in [5.41, 5.74) is 0.944. The van der Waals surface area contributed by atoms with Crippen LogP contribution < -0.4 is 10.1 Å². The Morgan fingerprint density at radius 3 is 2.59 bits per heavy atom. The lowest BCUT2D eigenvalue weighted by Crippen LogP contribution is -2.26. The maximum Gasteiger partial charge on any atom is 0.270 e. The van der Waals surface area contributed by atoms with Gasteiger partial charge in [0.25, 0.3) is 11.8 Å². The number of benzene rings is 1. The fourth-order valence-corrected chi connectivity index (χ4v) is 2.67. The van der Waals surface area contributed by atoms with Crippen LogP contribution in [0.15, 0.2) is 29.6 Å². The summed E-state index contributed by atoms with van der Waals surface area (Å²) in [6.07, 6.45) is 0. The van der Waals surface area contributed by atoms with Crippen LogP contribution in [0.25, 0.3) is 0 Å². The van der Waals surface area contributed by atoms with Crippen LogP contribution in [0.5, 0.6) is 5.75 Å². The highest BCUT2D eigenvalue weighted by atomic mass is 32.1. The van der Waals surface area contributed by atoms with E-state index in [0.29, 0.717) is 28.6 Å². The lowest BCUT2D eigenvalue weighted by Gasteiger charge is -2.15. The number of thiazole rings is 1. The van der Waals surface area contributed by atoms with E-state index in [0.717, 1.165) is 0 Å². The molecule has 0 aliphatic heterocycles. The number of hydrogen-bond acceptors (Lipinski definition) is 5. The molecule has 0 radical (unpaired) electrons. The van der Waals surface area contributed by atoms with Crippen molar-refractivity contribution in [2.45, 2.75) is 6.54 Å². The monoisotopic (exact) mass is 319 g/mol. The minimum atomic E-state index is -0.230. The third-order valence-corrected chi connectivity index (χ3v) is 3.90. The van der Waals surface area contributed by atoms with Crippen LogP contribution >= 0.6 is 11.3 Å². The van der Waals surface area contributed by atoms with Gasteiger partial charge in [-0.05, 0) is 24.3 Å². The number of rotatable bonds is 5. The largest absolute Gasteiger partial charge is 0.497 e. The Kier molecular flexibility index (Phi) is 5.11. The predicted octanol–water partition coefficient (Wildman–Crippen LogP) is 1.78. The van der Waals surface area contributed by atoms with E-state index in [1.165, 1.54) is 11.3 Å². The molecule has 0 aliphatic carbocycles. The summed E-state index contributed by atoms with van der Waals surface area (Å²) in [5, 5.41) is 4.91. The van der Waals surface area contributed by atoms with Crippen LogP contribution in [-0.2, 0) is 6.54 Å². The summed E-state index contributed by atoms with van der Waals surface area (Å²) in [6, 6.07) is 6.92. The maximum atomic E-state index is 12.3. The average molecular weight is 319 g/mol. The van der Waals surface area contributed by atoms with Crippen molar-refractivity contribution in [2.75, 3.05) is 21.2 Å². The fraction of sp³-hybridized carbons (Fsp3) is 0.267. The van der Waals surface area contributed by atoms with E-state index < -0.39 is 0 Å². The number of amides is 2. The summed E-state index contributed by atoms with van der Waals surface area (Å²) in [4.78, 5) is 29.6. The highest BCUT2D eigenvalue weighted by Gasteiger charge is 2.15. The maximum absolute atomic E-state index is 12.3. The third-order valence-electron chi connectivity index (χ3n) is 3.07. The van der Waals surface area contributed by atoms with Crippen molar-refractivity contribution < 1.29 is 14.3 Å². The number of methoxy groups -OCH3 is 1. The van der Waals surface area contributed by atoms with Crippen LogP contribution in [0.1, 0.15) is 25.9 Å². The second-order valence-corrected chi connectivity index (χ2v) is 5.54. The molecule has 7 heteroatoms. The van der Waals surface area contributed by atoms with Gasteiger partial charge in [0, 0.05) is 25.0 Å². The van der Waals surface area contributed by atoms with Crippen LogP contribution in [-0.4, -0.2) is 42.9 Å². The third kappa shape index (κ3) is 3.62. The van der Waals surface area contributed by atoms with Gasteiger partial charge in [0.05, 0.1) is 13.7 Å². The van der Waals surface area contributed by atoms with Gasteiger partial charge in [0.2, 0.25) is 0 Å². The molecule has 1 N–H and O–H groups in total. The number of carbonyl (C=O) groups is 2. The minimum absolute atomic E-state index is 0.112. The summed E-state index contributed by atoms with van der Waals surface area (Å²) in [7, 11) is 4.84. The summed E-state index contributed by atoms with van der Waals surface area (Å²) in [6.45, 7) is 0.354. The molecule has 1 heterocycles. The van der Waals surface area contributed by atoms with Crippen molar-refractivity contribution in [3.05, 3.63) is 45.9 Å². The topological polar surface area (TPSA) is 71.5 Å². The Hall–Kier alpha value is -2.41. The average Bonchev–Trinajstić information content (AvgIpc) is 3.01. The fourth-order valence-electron chi connectivity index (χ4n) is 1.84. The summed E-state index contributed by atoms with van der Waals surface area (Å²) < 4.78 is 5.07. The zero-order chi connectivity index (χ0) is 16.1. The van der Waals surface area contributed by atoms with Gasteiger partial charge < -0.3 is 15.0 Å². The standard InChI is InChI=1S/C15H17N3O3S/c1-16-14(19)12-9-22-13(17-12)8-18(2)15(20)10-4-6-11(21-3)7-5-10/h4-7,9H,8H2,1-3H3,(H,16,19). The number of carbonyl (C=O) groups excluding carboxylic acids is 2. The van der Waals surface area contributed by atoms with Gasteiger partial charge in [0.1, 0.15) is 16.5 Å². The molecule has 22 heavy (non-hydrogen) atoms. The first-order chi connectivity index (χ1) is 10.5. The Morgan fingerprint density at radius 1 is 1.32 bits per heavy atom. The molecule has 0 fully saturated rings. The van der Waals surface area contributed by atoms with E-state index in [-0.39, 0.29) is 11.8 Å². The smallest absolute Gasteiger partial charge is 0.270 e. The molecule has 0 saturated heterocycles. The zero-order valence-corrected chi connectivity index (χ0v) is 13.4. The second kappa shape index (κ2) is 7.04. The minimum Gasteiger partial charge on any atom is -0.497 e. The van der Waals surface area contributed by atoms with Crippen molar-refractivity contribution in [3.63, 3.8) is 0 Å². The quantitative estimate of drug-likeness (QED) is 0.912. The van der Waals surface area contributed by atoms with Gasteiger partial charge >= 0.3 is 0 Å². The lowest BCUT2D eigenvalue weighted by atomic mass is 10.2. The number of ether oxygens (including phenoxy) is 1. The highest BCUT2D eigenvalue weighted by Crippen LogP contribution is 2.16. The molecule has 0 atom stereocenters. The number of nitrogens with one attached hydrogen (secondary N) is 1. The van der Waals surface area contributed by atoms with Crippen LogP contribution in [0.3, 0.4) is 0 Å². The second-order valence-electron chi connectivity index (χ2n) is 4.60. The van der Waals surface area contributed by atoms with Gasteiger partial charge in [-0.15, -0.1) is 11.3 Å². The van der Waals surface area contributed by atoms with Gasteiger partial charge in [-0.2, -0.15) is 0 Å². The Bertz CT molecular complexity index is 667. The van der Waals surface area contributed by atoms with Crippen LogP contribution in [0.4, 0.5) is 0 Å². The van der Waals surface area contributed by atoms with E-state index in [2.05, 4.69) is 10.3 Å². The van der Waals surface area contributed by atoms with E-state index >= 15 is 0 Å². The molecule has 1 aromatic heterocycles. The molecule has 2 rings (SSSR count). The van der Waals surface area contributed by atoms with Gasteiger partial charge in [0.15, 0.2) is 0 Å². The van der Waals surface area contributed by atoms with Crippen LogP contribution in [0, 0.1) is 0 Å². The van der Waals surface area contributed by atoms with Crippen molar-refractivity contribution in [3.8, 4) is 5.75 Å². The molecular formula is C15H17N3O3S. The van der Waals surface area contributed by atoms with Crippen molar-refractivity contribution in [1.29, 1.82) is 0 Å². The molecule has 1 aromatic carbocycles. The van der Waals surface area contributed by atoms with E-state index in [1.807, 2.05) is 0 Å². The Labute approximate surface area is 132 Å². The number of aromatic nitrogens is 1. The molecule has 0 saturated carbocycles.